The van der Waals surface area contributed by atoms with Gasteiger partial charge in [0.15, 0.2) is 0 Å². The van der Waals surface area contributed by atoms with Gasteiger partial charge in [0.1, 0.15) is 0 Å². The van der Waals surface area contributed by atoms with E-state index in [-0.39, 0.29) is 12.1 Å². The summed E-state index contributed by atoms with van der Waals surface area (Å²) in [6.07, 6.45) is 10.3. The number of aliphatic hydroxyl groups excluding tert-OH is 1. The molecule has 3 nitrogen and oxygen atoms in total. The molecule has 0 spiro atoms. The van der Waals surface area contributed by atoms with Gasteiger partial charge in [-0.05, 0) is 65.0 Å². The summed E-state index contributed by atoms with van der Waals surface area (Å²) in [6.45, 7) is 7.24. The molecule has 0 amide bonds. The molecule has 2 saturated carbocycles. The van der Waals surface area contributed by atoms with E-state index in [1.807, 2.05) is 0 Å². The first-order valence-electron chi connectivity index (χ1n) is 8.29. The van der Waals surface area contributed by atoms with Gasteiger partial charge in [0.05, 0.1) is 6.61 Å². The Morgan fingerprint density at radius 3 is 2.42 bits per heavy atom. The monoisotopic (exact) mass is 268 g/mol. The number of nitrogens with one attached hydrogen (secondary N) is 1. The predicted octanol–water partition coefficient (Wildman–Crippen LogP) is 2.53. The molecular formula is C16H32N2O. The first-order valence-corrected chi connectivity index (χ1v) is 8.29. The number of aliphatic hydroxyl groups is 1. The van der Waals surface area contributed by atoms with Crippen LogP contribution in [0.15, 0.2) is 0 Å². The van der Waals surface area contributed by atoms with Crippen LogP contribution in [0.5, 0.6) is 0 Å². The van der Waals surface area contributed by atoms with Crippen molar-refractivity contribution in [2.24, 2.45) is 0 Å². The van der Waals surface area contributed by atoms with E-state index < -0.39 is 0 Å². The Kier molecular flexibility index (Phi) is 5.67. The molecule has 2 fully saturated rings. The van der Waals surface area contributed by atoms with Crippen molar-refractivity contribution in [1.82, 2.24) is 10.2 Å². The van der Waals surface area contributed by atoms with Gasteiger partial charge in [0.25, 0.3) is 0 Å². The molecule has 2 N–H and O–H groups in total. The Bertz CT molecular complexity index is 263. The largest absolute Gasteiger partial charge is 0.394 e. The summed E-state index contributed by atoms with van der Waals surface area (Å²) < 4.78 is 0. The molecule has 0 aliphatic heterocycles. The van der Waals surface area contributed by atoms with Crippen molar-refractivity contribution in [1.29, 1.82) is 0 Å². The van der Waals surface area contributed by atoms with E-state index in [0.29, 0.717) is 6.04 Å². The average Bonchev–Trinajstić information content (AvgIpc) is 3.26. The summed E-state index contributed by atoms with van der Waals surface area (Å²) in [5.41, 5.74) is -0.0453. The van der Waals surface area contributed by atoms with Crippen molar-refractivity contribution in [3.05, 3.63) is 0 Å². The van der Waals surface area contributed by atoms with E-state index in [9.17, 15) is 5.11 Å². The van der Waals surface area contributed by atoms with Crippen LogP contribution in [0.1, 0.15) is 65.2 Å². The Morgan fingerprint density at radius 2 is 1.89 bits per heavy atom. The maximum atomic E-state index is 9.58. The molecule has 2 rings (SSSR count). The highest BCUT2D eigenvalue weighted by Crippen LogP contribution is 2.28. The summed E-state index contributed by atoms with van der Waals surface area (Å²) >= 11 is 0. The molecule has 0 aromatic heterocycles. The maximum Gasteiger partial charge on any atom is 0.0610 e. The molecule has 19 heavy (non-hydrogen) atoms. The lowest BCUT2D eigenvalue weighted by atomic mass is 9.95. The smallest absolute Gasteiger partial charge is 0.0610 e. The zero-order valence-electron chi connectivity index (χ0n) is 12.8. The molecule has 0 bridgehead atoms. The van der Waals surface area contributed by atoms with Crippen molar-refractivity contribution in [3.63, 3.8) is 0 Å². The van der Waals surface area contributed by atoms with Gasteiger partial charge in [-0.2, -0.15) is 0 Å². The Labute approximate surface area is 118 Å². The minimum atomic E-state index is -0.0453. The molecule has 0 aromatic carbocycles. The van der Waals surface area contributed by atoms with Gasteiger partial charge < -0.3 is 15.3 Å². The van der Waals surface area contributed by atoms with Crippen molar-refractivity contribution < 1.29 is 5.11 Å². The van der Waals surface area contributed by atoms with Crippen LogP contribution in [0.2, 0.25) is 0 Å². The van der Waals surface area contributed by atoms with Crippen molar-refractivity contribution in [3.8, 4) is 0 Å². The fourth-order valence-corrected chi connectivity index (χ4v) is 2.95. The molecule has 2 aliphatic carbocycles. The summed E-state index contributed by atoms with van der Waals surface area (Å²) in [5.74, 6) is 0. The zero-order chi connectivity index (χ0) is 13.7. The second kappa shape index (κ2) is 7.05. The average molecular weight is 268 g/mol. The third kappa shape index (κ3) is 5.41. The van der Waals surface area contributed by atoms with E-state index in [1.54, 1.807) is 0 Å². The van der Waals surface area contributed by atoms with E-state index in [2.05, 4.69) is 24.1 Å². The molecule has 2 aliphatic rings. The SMILES string of the molecule is CCCN(CCCCC(C)(CO)NC1CC1)C1CC1. The highest BCUT2D eigenvalue weighted by Gasteiger charge is 2.32. The van der Waals surface area contributed by atoms with Gasteiger partial charge in [-0.3, -0.25) is 0 Å². The number of hydrogen-bond donors (Lipinski definition) is 2. The lowest BCUT2D eigenvalue weighted by Gasteiger charge is -2.29. The summed E-state index contributed by atoms with van der Waals surface area (Å²) in [7, 11) is 0. The van der Waals surface area contributed by atoms with Crippen LogP contribution in [0.3, 0.4) is 0 Å². The summed E-state index contributed by atoms with van der Waals surface area (Å²) in [6, 6.07) is 1.58. The van der Waals surface area contributed by atoms with E-state index in [1.165, 1.54) is 58.0 Å². The molecular weight excluding hydrogens is 236 g/mol. The number of unbranched alkanes of at least 4 members (excludes halogenated alkanes) is 1. The molecule has 3 heteroatoms. The Hall–Kier alpha value is -0.120. The fraction of sp³-hybridized carbons (Fsp3) is 1.00. The van der Waals surface area contributed by atoms with Crippen LogP contribution in [-0.4, -0.2) is 47.3 Å². The molecule has 0 aromatic rings. The first kappa shape index (κ1) is 15.3. The van der Waals surface area contributed by atoms with Gasteiger partial charge in [0.2, 0.25) is 0 Å². The van der Waals surface area contributed by atoms with Gasteiger partial charge >= 0.3 is 0 Å². The van der Waals surface area contributed by atoms with Gasteiger partial charge in [-0.25, -0.2) is 0 Å². The van der Waals surface area contributed by atoms with Crippen molar-refractivity contribution in [2.45, 2.75) is 82.8 Å². The molecule has 0 saturated heterocycles. The van der Waals surface area contributed by atoms with E-state index in [0.717, 1.165) is 12.5 Å². The quantitative estimate of drug-likeness (QED) is 0.565. The molecule has 1 unspecified atom stereocenters. The molecule has 112 valence electrons. The van der Waals surface area contributed by atoms with Crippen molar-refractivity contribution >= 4 is 0 Å². The lowest BCUT2D eigenvalue weighted by molar-refractivity contribution is 0.158. The minimum absolute atomic E-state index is 0.0453. The normalized spacial score (nSPS) is 22.7. The predicted molar refractivity (Wildman–Crippen MR) is 80.4 cm³/mol. The van der Waals surface area contributed by atoms with E-state index >= 15 is 0 Å². The molecule has 0 heterocycles. The van der Waals surface area contributed by atoms with Crippen molar-refractivity contribution in [2.75, 3.05) is 19.7 Å². The lowest BCUT2D eigenvalue weighted by Crippen LogP contribution is -2.47. The third-order valence-corrected chi connectivity index (χ3v) is 4.48. The van der Waals surface area contributed by atoms with Crippen LogP contribution >= 0.6 is 0 Å². The first-order chi connectivity index (χ1) is 9.17. The summed E-state index contributed by atoms with van der Waals surface area (Å²) in [4.78, 5) is 2.67. The Morgan fingerprint density at radius 1 is 1.16 bits per heavy atom. The second-order valence-corrected chi connectivity index (χ2v) is 6.86. The van der Waals surface area contributed by atoms with Crippen LogP contribution in [0.25, 0.3) is 0 Å². The topological polar surface area (TPSA) is 35.5 Å². The van der Waals surface area contributed by atoms with Gasteiger partial charge in [-0.15, -0.1) is 0 Å². The van der Waals surface area contributed by atoms with Crippen LogP contribution in [-0.2, 0) is 0 Å². The zero-order valence-corrected chi connectivity index (χ0v) is 12.8. The third-order valence-electron chi connectivity index (χ3n) is 4.48. The van der Waals surface area contributed by atoms with Gasteiger partial charge in [0, 0.05) is 17.6 Å². The standard InChI is InChI=1S/C16H32N2O/c1-3-11-18(15-8-9-15)12-5-4-10-16(2,13-19)17-14-6-7-14/h14-15,17,19H,3-13H2,1-2H3. The highest BCUT2D eigenvalue weighted by molar-refractivity contribution is 4.92. The second-order valence-electron chi connectivity index (χ2n) is 6.86. The maximum absolute atomic E-state index is 9.58. The summed E-state index contributed by atoms with van der Waals surface area (Å²) in [5, 5.41) is 13.2. The molecule has 0 radical (unpaired) electrons. The highest BCUT2D eigenvalue weighted by atomic mass is 16.3. The minimum Gasteiger partial charge on any atom is -0.394 e. The van der Waals surface area contributed by atoms with Crippen LogP contribution < -0.4 is 5.32 Å². The number of nitrogens with zero attached hydrogens (tertiary/aromatic N) is 1. The van der Waals surface area contributed by atoms with Crippen LogP contribution in [0.4, 0.5) is 0 Å². The molecule has 1 atom stereocenters. The number of hydrogen-bond acceptors (Lipinski definition) is 3. The number of rotatable bonds is 11. The van der Waals surface area contributed by atoms with Crippen LogP contribution in [0, 0.1) is 0 Å². The fourth-order valence-electron chi connectivity index (χ4n) is 2.95. The van der Waals surface area contributed by atoms with E-state index in [4.69, 9.17) is 0 Å². The van der Waals surface area contributed by atoms with Gasteiger partial charge in [-0.1, -0.05) is 13.3 Å². The Balaban J connectivity index is 1.60.